The van der Waals surface area contributed by atoms with Gasteiger partial charge in [0.2, 0.25) is 11.8 Å². The standard InChI is InChI=1S/C19H23N3O2/c1-3-4-18(23)21-16-9-11-17(12-10-16)22-19(24)13-20-15-7-5-14(2)6-8-15/h5-12,20H,3-4,13H2,1-2H3,(H,21,23)(H,22,24). The van der Waals surface area contributed by atoms with Gasteiger partial charge in [-0.15, -0.1) is 0 Å². The fourth-order valence-electron chi connectivity index (χ4n) is 2.15. The molecule has 0 radical (unpaired) electrons. The van der Waals surface area contributed by atoms with Gasteiger partial charge >= 0.3 is 0 Å². The normalized spacial score (nSPS) is 10.1. The fourth-order valence-corrected chi connectivity index (χ4v) is 2.15. The van der Waals surface area contributed by atoms with E-state index in [1.54, 1.807) is 24.3 Å². The monoisotopic (exact) mass is 325 g/mol. The van der Waals surface area contributed by atoms with Crippen LogP contribution in [0.1, 0.15) is 25.3 Å². The molecule has 0 aromatic heterocycles. The molecule has 24 heavy (non-hydrogen) atoms. The summed E-state index contributed by atoms with van der Waals surface area (Å²) in [5.74, 6) is -0.130. The molecule has 0 saturated heterocycles. The van der Waals surface area contributed by atoms with E-state index in [-0.39, 0.29) is 18.4 Å². The Labute approximate surface area is 142 Å². The van der Waals surface area contributed by atoms with Gasteiger partial charge in [0, 0.05) is 23.5 Å². The van der Waals surface area contributed by atoms with E-state index in [2.05, 4.69) is 16.0 Å². The average Bonchev–Trinajstić information content (AvgIpc) is 2.56. The zero-order chi connectivity index (χ0) is 17.4. The number of hydrogen-bond donors (Lipinski definition) is 3. The second-order valence-electron chi connectivity index (χ2n) is 5.64. The summed E-state index contributed by atoms with van der Waals surface area (Å²) >= 11 is 0. The highest BCUT2D eigenvalue weighted by atomic mass is 16.2. The smallest absolute Gasteiger partial charge is 0.243 e. The zero-order valence-electron chi connectivity index (χ0n) is 14.1. The third kappa shape index (κ3) is 5.76. The van der Waals surface area contributed by atoms with Crippen LogP contribution in [0.2, 0.25) is 0 Å². The van der Waals surface area contributed by atoms with E-state index in [0.29, 0.717) is 12.1 Å². The van der Waals surface area contributed by atoms with Crippen LogP contribution < -0.4 is 16.0 Å². The molecule has 5 heteroatoms. The van der Waals surface area contributed by atoms with E-state index in [4.69, 9.17) is 0 Å². The first-order chi connectivity index (χ1) is 11.6. The molecule has 0 spiro atoms. The van der Waals surface area contributed by atoms with Crippen molar-refractivity contribution in [1.82, 2.24) is 0 Å². The lowest BCUT2D eigenvalue weighted by Crippen LogP contribution is -2.21. The molecule has 0 aliphatic carbocycles. The van der Waals surface area contributed by atoms with Crippen LogP contribution in [0.15, 0.2) is 48.5 Å². The maximum Gasteiger partial charge on any atom is 0.243 e. The highest BCUT2D eigenvalue weighted by Gasteiger charge is 2.04. The van der Waals surface area contributed by atoms with Crippen molar-refractivity contribution in [3.63, 3.8) is 0 Å². The van der Waals surface area contributed by atoms with E-state index in [1.807, 2.05) is 38.1 Å². The zero-order valence-corrected chi connectivity index (χ0v) is 14.1. The van der Waals surface area contributed by atoms with E-state index in [0.717, 1.165) is 17.8 Å². The van der Waals surface area contributed by atoms with Crippen LogP contribution in [0.5, 0.6) is 0 Å². The Morgan fingerprint density at radius 3 is 1.83 bits per heavy atom. The molecule has 0 fully saturated rings. The molecular formula is C19H23N3O2. The Bertz CT molecular complexity index is 679. The number of carbonyl (C=O) groups is 2. The Kier molecular flexibility index (Phi) is 6.37. The van der Waals surface area contributed by atoms with Crippen molar-refractivity contribution in [3.05, 3.63) is 54.1 Å². The molecule has 5 nitrogen and oxygen atoms in total. The lowest BCUT2D eigenvalue weighted by molar-refractivity contribution is -0.116. The Morgan fingerprint density at radius 1 is 0.792 bits per heavy atom. The minimum Gasteiger partial charge on any atom is -0.376 e. The average molecular weight is 325 g/mol. The van der Waals surface area contributed by atoms with E-state index >= 15 is 0 Å². The molecule has 2 aromatic carbocycles. The molecule has 3 N–H and O–H groups in total. The molecule has 0 aliphatic heterocycles. The third-order valence-electron chi connectivity index (χ3n) is 3.43. The molecule has 2 aromatic rings. The van der Waals surface area contributed by atoms with Crippen LogP contribution in [-0.4, -0.2) is 18.4 Å². The molecule has 0 bridgehead atoms. The summed E-state index contributed by atoms with van der Waals surface area (Å²) in [5, 5.41) is 8.70. The summed E-state index contributed by atoms with van der Waals surface area (Å²) in [5.41, 5.74) is 3.50. The van der Waals surface area contributed by atoms with Gasteiger partial charge in [0.05, 0.1) is 6.54 Å². The lowest BCUT2D eigenvalue weighted by Gasteiger charge is -2.09. The molecule has 0 aliphatic rings. The van der Waals surface area contributed by atoms with Gasteiger partial charge in [-0.3, -0.25) is 9.59 Å². The summed E-state index contributed by atoms with van der Waals surface area (Å²) in [4.78, 5) is 23.5. The van der Waals surface area contributed by atoms with Crippen LogP contribution in [0.25, 0.3) is 0 Å². The van der Waals surface area contributed by atoms with Gasteiger partial charge in [0.15, 0.2) is 0 Å². The maximum atomic E-state index is 12.0. The summed E-state index contributed by atoms with van der Waals surface area (Å²) in [6.07, 6.45) is 1.32. The number of anilines is 3. The molecule has 2 rings (SSSR count). The molecule has 0 unspecified atom stereocenters. The first-order valence-electron chi connectivity index (χ1n) is 8.07. The number of carbonyl (C=O) groups excluding carboxylic acids is 2. The molecule has 126 valence electrons. The minimum absolute atomic E-state index is 0.00316. The van der Waals surface area contributed by atoms with Crippen LogP contribution in [0, 0.1) is 6.92 Å². The quantitative estimate of drug-likeness (QED) is 0.725. The predicted octanol–water partition coefficient (Wildman–Crippen LogP) is 3.78. The van der Waals surface area contributed by atoms with Crippen molar-refractivity contribution in [2.45, 2.75) is 26.7 Å². The van der Waals surface area contributed by atoms with Gasteiger partial charge in [0.25, 0.3) is 0 Å². The molecule has 0 saturated carbocycles. The maximum absolute atomic E-state index is 12.0. The van der Waals surface area contributed by atoms with Gasteiger partial charge in [0.1, 0.15) is 0 Å². The van der Waals surface area contributed by atoms with Gasteiger partial charge < -0.3 is 16.0 Å². The van der Waals surface area contributed by atoms with Crippen molar-refractivity contribution in [2.75, 3.05) is 22.5 Å². The summed E-state index contributed by atoms with van der Waals surface area (Å²) in [6, 6.07) is 15.0. The second-order valence-corrected chi connectivity index (χ2v) is 5.64. The van der Waals surface area contributed by atoms with Crippen molar-refractivity contribution >= 4 is 28.9 Å². The lowest BCUT2D eigenvalue weighted by atomic mass is 10.2. The van der Waals surface area contributed by atoms with Crippen molar-refractivity contribution in [1.29, 1.82) is 0 Å². The van der Waals surface area contributed by atoms with E-state index in [1.165, 1.54) is 5.56 Å². The van der Waals surface area contributed by atoms with Crippen LogP contribution in [-0.2, 0) is 9.59 Å². The van der Waals surface area contributed by atoms with Crippen molar-refractivity contribution < 1.29 is 9.59 Å². The largest absolute Gasteiger partial charge is 0.376 e. The number of rotatable bonds is 7. The number of aryl methyl sites for hydroxylation is 1. The van der Waals surface area contributed by atoms with Gasteiger partial charge in [-0.05, 0) is 49.7 Å². The van der Waals surface area contributed by atoms with Gasteiger partial charge in [-0.1, -0.05) is 24.6 Å². The van der Waals surface area contributed by atoms with Crippen LogP contribution in [0.4, 0.5) is 17.1 Å². The van der Waals surface area contributed by atoms with Crippen LogP contribution >= 0.6 is 0 Å². The first kappa shape index (κ1) is 17.5. The van der Waals surface area contributed by atoms with E-state index in [9.17, 15) is 9.59 Å². The number of benzene rings is 2. The van der Waals surface area contributed by atoms with Crippen molar-refractivity contribution in [2.24, 2.45) is 0 Å². The first-order valence-corrected chi connectivity index (χ1v) is 8.07. The molecule has 0 atom stereocenters. The Morgan fingerprint density at radius 2 is 1.29 bits per heavy atom. The molecule has 0 heterocycles. The topological polar surface area (TPSA) is 70.2 Å². The SMILES string of the molecule is CCCC(=O)Nc1ccc(NC(=O)CNc2ccc(C)cc2)cc1. The van der Waals surface area contributed by atoms with Gasteiger partial charge in [-0.2, -0.15) is 0 Å². The minimum atomic E-state index is -0.127. The predicted molar refractivity (Wildman–Crippen MR) is 98.3 cm³/mol. The van der Waals surface area contributed by atoms with Gasteiger partial charge in [-0.25, -0.2) is 0 Å². The Balaban J connectivity index is 1.81. The number of hydrogen-bond acceptors (Lipinski definition) is 3. The molecule has 2 amide bonds. The highest BCUT2D eigenvalue weighted by Crippen LogP contribution is 2.14. The summed E-state index contributed by atoms with van der Waals surface area (Å²) < 4.78 is 0. The summed E-state index contributed by atoms with van der Waals surface area (Å²) in [6.45, 7) is 4.17. The summed E-state index contributed by atoms with van der Waals surface area (Å²) in [7, 11) is 0. The third-order valence-corrected chi connectivity index (χ3v) is 3.43. The highest BCUT2D eigenvalue weighted by molar-refractivity contribution is 5.94. The Hall–Kier alpha value is -2.82. The number of amides is 2. The second kappa shape index (κ2) is 8.72. The fraction of sp³-hybridized carbons (Fsp3) is 0.263. The number of nitrogens with one attached hydrogen (secondary N) is 3. The molecular weight excluding hydrogens is 302 g/mol. The van der Waals surface area contributed by atoms with Crippen molar-refractivity contribution in [3.8, 4) is 0 Å². The van der Waals surface area contributed by atoms with Crippen LogP contribution in [0.3, 0.4) is 0 Å². The van der Waals surface area contributed by atoms with E-state index < -0.39 is 0 Å².